The minimum Gasteiger partial charge on any atom is -0.488 e. The second-order valence-electron chi connectivity index (χ2n) is 5.14. The number of fused-ring (bicyclic) bond motifs is 1. The summed E-state index contributed by atoms with van der Waals surface area (Å²) >= 11 is 3.48. The standard InChI is InChI=1S/C17H16BrNO3/c1-12-9-14(18)16-15(10-12)19(7-8-21-16)17(20)22-11-13-5-3-2-4-6-13/h2-6,9-10H,7-8,11H2,1H3. The van der Waals surface area contributed by atoms with Gasteiger partial charge in [0, 0.05) is 0 Å². The van der Waals surface area contributed by atoms with Crippen LogP contribution >= 0.6 is 15.9 Å². The van der Waals surface area contributed by atoms with Gasteiger partial charge in [-0.3, -0.25) is 4.90 Å². The number of carbonyl (C=O) groups excluding carboxylic acids is 1. The molecule has 0 atom stereocenters. The quantitative estimate of drug-likeness (QED) is 0.800. The van der Waals surface area contributed by atoms with Crippen LogP contribution < -0.4 is 9.64 Å². The van der Waals surface area contributed by atoms with Crippen LogP contribution in [0.1, 0.15) is 11.1 Å². The van der Waals surface area contributed by atoms with E-state index in [1.165, 1.54) is 0 Å². The Morgan fingerprint density at radius 3 is 2.86 bits per heavy atom. The second kappa shape index (κ2) is 6.40. The molecule has 0 saturated carbocycles. The summed E-state index contributed by atoms with van der Waals surface area (Å²) in [5.41, 5.74) is 2.77. The molecular formula is C17H16BrNO3. The molecule has 1 aliphatic rings. The van der Waals surface area contributed by atoms with E-state index in [2.05, 4.69) is 15.9 Å². The molecule has 0 saturated heterocycles. The Morgan fingerprint density at radius 2 is 2.09 bits per heavy atom. The first-order valence-corrected chi connectivity index (χ1v) is 7.85. The summed E-state index contributed by atoms with van der Waals surface area (Å²) in [7, 11) is 0. The highest BCUT2D eigenvalue weighted by Gasteiger charge is 2.26. The lowest BCUT2D eigenvalue weighted by Crippen LogP contribution is -2.38. The van der Waals surface area contributed by atoms with Crippen molar-refractivity contribution < 1.29 is 14.3 Å². The van der Waals surface area contributed by atoms with Crippen molar-refractivity contribution in [3.8, 4) is 5.75 Å². The van der Waals surface area contributed by atoms with Crippen LogP contribution in [0.5, 0.6) is 5.75 Å². The third-order valence-corrected chi connectivity index (χ3v) is 4.03. The van der Waals surface area contributed by atoms with Crippen LogP contribution in [0.3, 0.4) is 0 Å². The van der Waals surface area contributed by atoms with Gasteiger partial charge < -0.3 is 9.47 Å². The Hall–Kier alpha value is -2.01. The van der Waals surface area contributed by atoms with Gasteiger partial charge >= 0.3 is 6.09 Å². The molecule has 3 rings (SSSR count). The predicted octanol–water partition coefficient (Wildman–Crippen LogP) is 4.29. The van der Waals surface area contributed by atoms with Gasteiger partial charge in [0.05, 0.1) is 16.7 Å². The average molecular weight is 362 g/mol. The van der Waals surface area contributed by atoms with E-state index in [0.717, 1.165) is 21.3 Å². The third-order valence-electron chi connectivity index (χ3n) is 3.45. The Balaban J connectivity index is 1.77. The van der Waals surface area contributed by atoms with Crippen LogP contribution in [0, 0.1) is 6.92 Å². The molecular weight excluding hydrogens is 346 g/mol. The zero-order valence-corrected chi connectivity index (χ0v) is 13.8. The van der Waals surface area contributed by atoms with Gasteiger partial charge in [-0.2, -0.15) is 0 Å². The zero-order valence-electron chi connectivity index (χ0n) is 12.2. The Kier molecular flexibility index (Phi) is 4.34. The van der Waals surface area contributed by atoms with Crippen molar-refractivity contribution in [3.63, 3.8) is 0 Å². The number of aryl methyl sites for hydroxylation is 1. The number of hydrogen-bond donors (Lipinski definition) is 0. The first-order valence-electron chi connectivity index (χ1n) is 7.06. The highest BCUT2D eigenvalue weighted by Crippen LogP contribution is 2.39. The predicted molar refractivity (Wildman–Crippen MR) is 88.3 cm³/mol. The molecule has 0 unspecified atom stereocenters. The van der Waals surface area contributed by atoms with Gasteiger partial charge in [-0.25, -0.2) is 4.79 Å². The van der Waals surface area contributed by atoms with E-state index < -0.39 is 0 Å². The van der Waals surface area contributed by atoms with E-state index in [0.29, 0.717) is 18.9 Å². The number of halogens is 1. The zero-order chi connectivity index (χ0) is 15.5. The van der Waals surface area contributed by atoms with E-state index in [9.17, 15) is 4.79 Å². The SMILES string of the molecule is Cc1cc(Br)c2c(c1)N(C(=O)OCc1ccccc1)CCO2. The summed E-state index contributed by atoms with van der Waals surface area (Å²) in [6.45, 7) is 3.18. The van der Waals surface area contributed by atoms with Crippen molar-refractivity contribution >= 4 is 27.7 Å². The fraction of sp³-hybridized carbons (Fsp3) is 0.235. The molecule has 0 aromatic heterocycles. The Bertz CT molecular complexity index is 688. The Labute approximate surface area is 137 Å². The molecule has 0 spiro atoms. The molecule has 0 aliphatic carbocycles. The molecule has 1 aliphatic heterocycles. The number of ether oxygens (including phenoxy) is 2. The van der Waals surface area contributed by atoms with Crippen molar-refractivity contribution in [2.45, 2.75) is 13.5 Å². The van der Waals surface area contributed by atoms with E-state index in [-0.39, 0.29) is 12.7 Å². The lowest BCUT2D eigenvalue weighted by molar-refractivity contribution is 0.144. The van der Waals surface area contributed by atoms with Gasteiger partial charge in [0.25, 0.3) is 0 Å². The molecule has 2 aromatic carbocycles. The lowest BCUT2D eigenvalue weighted by atomic mass is 10.2. The van der Waals surface area contributed by atoms with Crippen molar-refractivity contribution in [2.24, 2.45) is 0 Å². The van der Waals surface area contributed by atoms with Gasteiger partial charge in [-0.05, 0) is 46.1 Å². The number of amides is 1. The van der Waals surface area contributed by atoms with E-state index >= 15 is 0 Å². The molecule has 0 fully saturated rings. The average Bonchev–Trinajstić information content (AvgIpc) is 2.53. The van der Waals surface area contributed by atoms with Gasteiger partial charge in [-0.15, -0.1) is 0 Å². The molecule has 0 bridgehead atoms. The summed E-state index contributed by atoms with van der Waals surface area (Å²) in [4.78, 5) is 14.0. The molecule has 1 heterocycles. The molecule has 0 N–H and O–H groups in total. The molecule has 22 heavy (non-hydrogen) atoms. The fourth-order valence-corrected chi connectivity index (χ4v) is 3.08. The number of rotatable bonds is 2. The summed E-state index contributed by atoms with van der Waals surface area (Å²) < 4.78 is 11.9. The maximum absolute atomic E-state index is 12.4. The van der Waals surface area contributed by atoms with Crippen LogP contribution in [0.4, 0.5) is 10.5 Å². The van der Waals surface area contributed by atoms with Gasteiger partial charge in [0.1, 0.15) is 13.2 Å². The lowest BCUT2D eigenvalue weighted by Gasteiger charge is -2.29. The minimum absolute atomic E-state index is 0.263. The molecule has 1 amide bonds. The number of anilines is 1. The monoisotopic (exact) mass is 361 g/mol. The highest BCUT2D eigenvalue weighted by molar-refractivity contribution is 9.10. The smallest absolute Gasteiger partial charge is 0.414 e. The molecule has 2 aromatic rings. The van der Waals surface area contributed by atoms with E-state index in [4.69, 9.17) is 9.47 Å². The van der Waals surface area contributed by atoms with E-state index in [1.807, 2.05) is 49.4 Å². The van der Waals surface area contributed by atoms with Crippen LogP contribution in [-0.2, 0) is 11.3 Å². The van der Waals surface area contributed by atoms with Crippen molar-refractivity contribution in [1.29, 1.82) is 0 Å². The number of nitrogens with zero attached hydrogens (tertiary/aromatic N) is 1. The minimum atomic E-state index is -0.356. The summed E-state index contributed by atoms with van der Waals surface area (Å²) in [5, 5.41) is 0. The summed E-state index contributed by atoms with van der Waals surface area (Å²) in [6, 6.07) is 13.6. The molecule has 114 valence electrons. The summed E-state index contributed by atoms with van der Waals surface area (Å²) in [6.07, 6.45) is -0.356. The summed E-state index contributed by atoms with van der Waals surface area (Å²) in [5.74, 6) is 0.688. The number of carbonyl (C=O) groups is 1. The Morgan fingerprint density at radius 1 is 1.32 bits per heavy atom. The van der Waals surface area contributed by atoms with Crippen LogP contribution in [-0.4, -0.2) is 19.2 Å². The van der Waals surface area contributed by atoms with Crippen molar-refractivity contribution in [3.05, 3.63) is 58.1 Å². The van der Waals surface area contributed by atoms with Crippen molar-refractivity contribution in [2.75, 3.05) is 18.1 Å². The maximum Gasteiger partial charge on any atom is 0.414 e. The van der Waals surface area contributed by atoms with Gasteiger partial charge in [0.2, 0.25) is 0 Å². The van der Waals surface area contributed by atoms with E-state index in [1.54, 1.807) is 4.90 Å². The first-order chi connectivity index (χ1) is 10.6. The largest absolute Gasteiger partial charge is 0.488 e. The first kappa shape index (κ1) is 14.9. The van der Waals surface area contributed by atoms with Crippen LogP contribution in [0.25, 0.3) is 0 Å². The highest BCUT2D eigenvalue weighted by atomic mass is 79.9. The molecule has 5 heteroatoms. The molecule has 0 radical (unpaired) electrons. The third kappa shape index (κ3) is 3.09. The fourth-order valence-electron chi connectivity index (χ4n) is 2.40. The van der Waals surface area contributed by atoms with Crippen molar-refractivity contribution in [1.82, 2.24) is 0 Å². The topological polar surface area (TPSA) is 38.8 Å². The number of hydrogen-bond acceptors (Lipinski definition) is 3. The maximum atomic E-state index is 12.4. The van der Waals surface area contributed by atoms with Gasteiger partial charge in [0.15, 0.2) is 5.75 Å². The van der Waals surface area contributed by atoms with Crippen LogP contribution in [0.2, 0.25) is 0 Å². The number of benzene rings is 2. The normalized spacial score (nSPS) is 13.3. The molecule has 4 nitrogen and oxygen atoms in total. The van der Waals surface area contributed by atoms with Crippen LogP contribution in [0.15, 0.2) is 46.9 Å². The second-order valence-corrected chi connectivity index (χ2v) is 5.99. The van der Waals surface area contributed by atoms with Gasteiger partial charge in [-0.1, -0.05) is 30.3 Å².